The Morgan fingerprint density at radius 3 is 2.15 bits per heavy atom. The molecule has 0 unspecified atom stereocenters. The van der Waals surface area contributed by atoms with Crippen LogP contribution in [0, 0.1) is 0 Å². The fraction of sp³-hybridized carbons (Fsp3) is 0.222. The van der Waals surface area contributed by atoms with Crippen molar-refractivity contribution in [1.82, 2.24) is 29.6 Å². The predicted octanol–water partition coefficient (Wildman–Crippen LogP) is 4.44. The molecule has 0 saturated carbocycles. The van der Waals surface area contributed by atoms with Crippen molar-refractivity contribution in [2.75, 3.05) is 38.1 Å². The van der Waals surface area contributed by atoms with Gasteiger partial charge in [0.1, 0.15) is 5.52 Å². The van der Waals surface area contributed by atoms with Crippen molar-refractivity contribution >= 4 is 16.9 Å². The number of nitrogens with zero attached hydrogens (tertiary/aromatic N) is 6. The van der Waals surface area contributed by atoms with Gasteiger partial charge in [-0.25, -0.2) is 9.97 Å². The molecule has 6 rings (SSSR count). The monoisotopic (exact) mass is 449 g/mol. The SMILES string of the molecule is CN1CCN(c2ccc(-c3cnc4[nH]cc(-c5ccc(-c6ccn(C)n6)cc5)c4n3)cc2)CC1. The van der Waals surface area contributed by atoms with E-state index in [0.29, 0.717) is 0 Å². The maximum absolute atomic E-state index is 4.99. The van der Waals surface area contributed by atoms with Gasteiger partial charge in [0.25, 0.3) is 0 Å². The number of aromatic amines is 1. The van der Waals surface area contributed by atoms with Crippen molar-refractivity contribution in [3.63, 3.8) is 0 Å². The third-order valence-electron chi connectivity index (χ3n) is 6.62. The Bertz CT molecular complexity index is 1420. The highest BCUT2D eigenvalue weighted by atomic mass is 15.3. The zero-order valence-electron chi connectivity index (χ0n) is 19.4. The molecular weight excluding hydrogens is 422 g/mol. The van der Waals surface area contributed by atoms with E-state index in [1.165, 1.54) is 5.69 Å². The van der Waals surface area contributed by atoms with E-state index < -0.39 is 0 Å². The van der Waals surface area contributed by atoms with Gasteiger partial charge in [0.15, 0.2) is 5.65 Å². The van der Waals surface area contributed by atoms with Crippen molar-refractivity contribution < 1.29 is 0 Å². The van der Waals surface area contributed by atoms with E-state index in [9.17, 15) is 0 Å². The van der Waals surface area contributed by atoms with E-state index in [-0.39, 0.29) is 0 Å². The summed E-state index contributed by atoms with van der Waals surface area (Å²) in [6.45, 7) is 4.33. The van der Waals surface area contributed by atoms with Gasteiger partial charge in [-0.05, 0) is 30.8 Å². The predicted molar refractivity (Wildman–Crippen MR) is 137 cm³/mol. The van der Waals surface area contributed by atoms with Crippen LogP contribution in [0.3, 0.4) is 0 Å². The zero-order valence-corrected chi connectivity index (χ0v) is 19.4. The zero-order chi connectivity index (χ0) is 23.1. The summed E-state index contributed by atoms with van der Waals surface area (Å²) in [6.07, 6.45) is 5.79. The average molecular weight is 450 g/mol. The van der Waals surface area contributed by atoms with Crippen LogP contribution in [0.5, 0.6) is 0 Å². The molecule has 2 aromatic carbocycles. The minimum Gasteiger partial charge on any atom is -0.369 e. The number of rotatable bonds is 4. The van der Waals surface area contributed by atoms with Gasteiger partial charge in [-0.1, -0.05) is 36.4 Å². The minimum atomic E-state index is 0.793. The van der Waals surface area contributed by atoms with Crippen LogP contribution in [0.2, 0.25) is 0 Å². The van der Waals surface area contributed by atoms with Gasteiger partial charge >= 0.3 is 0 Å². The summed E-state index contributed by atoms with van der Waals surface area (Å²) in [5.74, 6) is 0. The first-order chi connectivity index (χ1) is 16.6. The first-order valence-electron chi connectivity index (χ1n) is 11.6. The van der Waals surface area contributed by atoms with E-state index in [0.717, 1.165) is 71.0 Å². The molecule has 0 aliphatic carbocycles. The van der Waals surface area contributed by atoms with Crippen LogP contribution in [0.25, 0.3) is 44.8 Å². The molecule has 0 bridgehead atoms. The second-order valence-electron chi connectivity index (χ2n) is 8.94. The van der Waals surface area contributed by atoms with Crippen LogP contribution < -0.4 is 4.90 Å². The molecule has 1 saturated heterocycles. The number of hydrogen-bond acceptors (Lipinski definition) is 5. The quantitative estimate of drug-likeness (QED) is 0.439. The molecule has 34 heavy (non-hydrogen) atoms. The summed E-state index contributed by atoms with van der Waals surface area (Å²) >= 11 is 0. The number of benzene rings is 2. The maximum atomic E-state index is 4.99. The molecule has 4 heterocycles. The summed E-state index contributed by atoms with van der Waals surface area (Å²) in [7, 11) is 4.11. The summed E-state index contributed by atoms with van der Waals surface area (Å²) in [6, 6.07) is 19.2. The fourth-order valence-electron chi connectivity index (χ4n) is 4.55. The normalized spacial score (nSPS) is 14.7. The van der Waals surface area contributed by atoms with Crippen molar-refractivity contribution in [3.8, 4) is 33.6 Å². The van der Waals surface area contributed by atoms with Gasteiger partial charge in [0.05, 0.1) is 17.6 Å². The van der Waals surface area contributed by atoms with Crippen molar-refractivity contribution in [2.45, 2.75) is 0 Å². The molecular formula is C27H27N7. The van der Waals surface area contributed by atoms with E-state index in [2.05, 4.69) is 80.4 Å². The van der Waals surface area contributed by atoms with Gasteiger partial charge < -0.3 is 14.8 Å². The molecule has 0 spiro atoms. The average Bonchev–Trinajstić information content (AvgIpc) is 3.51. The van der Waals surface area contributed by atoms with E-state index >= 15 is 0 Å². The number of likely N-dealkylation sites (N-methyl/N-ethyl adjacent to an activating group) is 1. The van der Waals surface area contributed by atoms with Crippen LogP contribution >= 0.6 is 0 Å². The largest absolute Gasteiger partial charge is 0.369 e. The number of fused-ring (bicyclic) bond motifs is 1. The first kappa shape index (κ1) is 20.6. The smallest absolute Gasteiger partial charge is 0.156 e. The van der Waals surface area contributed by atoms with E-state index in [1.807, 2.05) is 36.4 Å². The lowest BCUT2D eigenvalue weighted by atomic mass is 10.0. The number of piperazine rings is 1. The van der Waals surface area contributed by atoms with Gasteiger partial charge in [0, 0.05) is 68.0 Å². The number of aryl methyl sites for hydroxylation is 1. The molecule has 1 N–H and O–H groups in total. The Kier molecular flexibility index (Phi) is 5.11. The molecule has 7 heteroatoms. The second-order valence-corrected chi connectivity index (χ2v) is 8.94. The van der Waals surface area contributed by atoms with Gasteiger partial charge in [-0.15, -0.1) is 0 Å². The third-order valence-corrected chi connectivity index (χ3v) is 6.62. The molecule has 1 fully saturated rings. The summed E-state index contributed by atoms with van der Waals surface area (Å²) < 4.78 is 1.82. The molecule has 0 amide bonds. The molecule has 5 aromatic rings. The molecule has 3 aromatic heterocycles. The lowest BCUT2D eigenvalue weighted by Gasteiger charge is -2.34. The molecule has 170 valence electrons. The Balaban J connectivity index is 1.28. The van der Waals surface area contributed by atoms with Gasteiger partial charge in [0.2, 0.25) is 0 Å². The molecule has 7 nitrogen and oxygen atoms in total. The van der Waals surface area contributed by atoms with Gasteiger partial charge in [-0.3, -0.25) is 4.68 Å². The van der Waals surface area contributed by atoms with E-state index in [1.54, 1.807) is 0 Å². The second kappa shape index (κ2) is 8.43. The van der Waals surface area contributed by atoms with Crippen LogP contribution in [0.4, 0.5) is 5.69 Å². The Labute approximate surface area is 198 Å². The maximum Gasteiger partial charge on any atom is 0.156 e. The van der Waals surface area contributed by atoms with Crippen molar-refractivity contribution in [1.29, 1.82) is 0 Å². The number of anilines is 1. The minimum absolute atomic E-state index is 0.793. The molecule has 1 aliphatic rings. The summed E-state index contributed by atoms with van der Waals surface area (Å²) in [4.78, 5) is 17.7. The van der Waals surface area contributed by atoms with Crippen LogP contribution in [-0.2, 0) is 7.05 Å². The van der Waals surface area contributed by atoms with Crippen molar-refractivity contribution in [2.24, 2.45) is 7.05 Å². The number of aromatic nitrogens is 5. The van der Waals surface area contributed by atoms with Gasteiger partial charge in [-0.2, -0.15) is 5.10 Å². The number of H-pyrrole nitrogens is 1. The molecule has 0 radical (unpaired) electrons. The topological polar surface area (TPSA) is 65.9 Å². The fourth-order valence-corrected chi connectivity index (χ4v) is 4.55. The highest BCUT2D eigenvalue weighted by molar-refractivity contribution is 5.91. The standard InChI is InChI=1S/C27H27N7/c1-32-13-15-34(16-14-32)22-9-7-21(8-10-22)25-18-29-27-26(30-25)23(17-28-27)19-3-5-20(6-4-19)24-11-12-33(2)31-24/h3-12,17-18H,13-16H2,1-2H3,(H,28,29). The summed E-state index contributed by atoms with van der Waals surface area (Å²) in [5.41, 5.74) is 9.10. The van der Waals surface area contributed by atoms with Crippen LogP contribution in [0.1, 0.15) is 0 Å². The summed E-state index contributed by atoms with van der Waals surface area (Å²) in [5, 5.41) is 4.49. The molecule has 0 atom stereocenters. The van der Waals surface area contributed by atoms with Crippen LogP contribution in [0.15, 0.2) is 73.2 Å². The molecule has 1 aliphatic heterocycles. The third kappa shape index (κ3) is 3.84. The lowest BCUT2D eigenvalue weighted by molar-refractivity contribution is 0.313. The highest BCUT2D eigenvalue weighted by Gasteiger charge is 2.15. The first-order valence-corrected chi connectivity index (χ1v) is 11.6. The lowest BCUT2D eigenvalue weighted by Crippen LogP contribution is -2.44. The Hall–Kier alpha value is -3.97. The highest BCUT2D eigenvalue weighted by Crippen LogP contribution is 2.30. The van der Waals surface area contributed by atoms with Crippen LogP contribution in [-0.4, -0.2) is 62.9 Å². The Morgan fingerprint density at radius 2 is 1.44 bits per heavy atom. The number of hydrogen-bond donors (Lipinski definition) is 1. The van der Waals surface area contributed by atoms with E-state index in [4.69, 9.17) is 4.98 Å². The Morgan fingerprint density at radius 1 is 0.765 bits per heavy atom. The van der Waals surface area contributed by atoms with Crippen molar-refractivity contribution in [3.05, 3.63) is 73.2 Å². The number of nitrogens with one attached hydrogen (secondary N) is 1.